The van der Waals surface area contributed by atoms with Crippen LogP contribution in [-0.2, 0) is 4.79 Å². The van der Waals surface area contributed by atoms with Crippen molar-refractivity contribution in [2.75, 3.05) is 0 Å². The lowest BCUT2D eigenvalue weighted by atomic mass is 10.1. The fraction of sp³-hybridized carbons (Fsp3) is 0.0909. The molecule has 15 heavy (non-hydrogen) atoms. The first-order valence-electron chi connectivity index (χ1n) is 4.41. The summed E-state index contributed by atoms with van der Waals surface area (Å²) in [5.41, 5.74) is 6.40. The summed E-state index contributed by atoms with van der Waals surface area (Å²) in [6.07, 6.45) is 1.28. The van der Waals surface area contributed by atoms with Crippen molar-refractivity contribution in [2.24, 2.45) is 5.73 Å². The Bertz CT molecular complexity index is 491. The van der Waals surface area contributed by atoms with Crippen molar-refractivity contribution in [3.63, 3.8) is 0 Å². The predicted octanol–water partition coefficient (Wildman–Crippen LogP) is 1.28. The minimum atomic E-state index is -0.630. The summed E-state index contributed by atoms with van der Waals surface area (Å²) in [7, 11) is 0. The summed E-state index contributed by atoms with van der Waals surface area (Å²) in [5.74, 6) is -1.17. The van der Waals surface area contributed by atoms with E-state index in [4.69, 9.17) is 5.73 Å². The van der Waals surface area contributed by atoms with Gasteiger partial charge in [0, 0.05) is 18.1 Å². The fourth-order valence-corrected chi connectivity index (χ4v) is 1.69. The van der Waals surface area contributed by atoms with Gasteiger partial charge in [-0.15, -0.1) is 0 Å². The van der Waals surface area contributed by atoms with Crippen LogP contribution in [0.4, 0.5) is 4.39 Å². The highest BCUT2D eigenvalue weighted by molar-refractivity contribution is 6.14. The van der Waals surface area contributed by atoms with Gasteiger partial charge in [-0.2, -0.15) is 0 Å². The number of Topliss-reactive ketones (excluding diaryl/α,β-unsaturated/α-hetero) is 1. The van der Waals surface area contributed by atoms with Gasteiger partial charge in [0.1, 0.15) is 5.82 Å². The summed E-state index contributed by atoms with van der Waals surface area (Å²) >= 11 is 0. The van der Waals surface area contributed by atoms with Crippen LogP contribution in [0.15, 0.2) is 24.3 Å². The highest BCUT2D eigenvalue weighted by Gasteiger charge is 2.24. The molecule has 0 atom stereocenters. The summed E-state index contributed by atoms with van der Waals surface area (Å²) in [4.78, 5) is 22.2. The maximum Gasteiger partial charge on any atom is 0.241 e. The number of allylic oxidation sites excluding steroid dienone is 1. The highest BCUT2D eigenvalue weighted by Crippen LogP contribution is 2.32. The van der Waals surface area contributed by atoms with Crippen LogP contribution >= 0.6 is 0 Å². The van der Waals surface area contributed by atoms with E-state index >= 15 is 0 Å². The lowest BCUT2D eigenvalue weighted by Crippen LogP contribution is -2.06. The van der Waals surface area contributed by atoms with Gasteiger partial charge < -0.3 is 5.73 Å². The van der Waals surface area contributed by atoms with E-state index in [9.17, 15) is 14.0 Å². The normalized spacial score (nSPS) is 16.9. The number of rotatable bonds is 1. The first-order valence-corrected chi connectivity index (χ1v) is 4.41. The number of carbonyl (C=O) groups is 2. The Balaban J connectivity index is 2.58. The Kier molecular flexibility index (Phi) is 2.11. The average Bonchev–Trinajstić information content (AvgIpc) is 2.42. The molecule has 1 aliphatic carbocycles. The summed E-state index contributed by atoms with van der Waals surface area (Å²) in [6, 6.07) is 3.90. The molecule has 0 fully saturated rings. The van der Waals surface area contributed by atoms with Crippen LogP contribution in [0.1, 0.15) is 22.3 Å². The topological polar surface area (TPSA) is 60.2 Å². The molecule has 0 radical (unpaired) electrons. The second-order valence-electron chi connectivity index (χ2n) is 3.36. The zero-order chi connectivity index (χ0) is 11.0. The van der Waals surface area contributed by atoms with E-state index < -0.39 is 11.7 Å². The van der Waals surface area contributed by atoms with Gasteiger partial charge in [-0.25, -0.2) is 4.39 Å². The van der Waals surface area contributed by atoms with Crippen molar-refractivity contribution >= 4 is 17.3 Å². The van der Waals surface area contributed by atoms with E-state index in [0.29, 0.717) is 16.7 Å². The molecule has 0 saturated carbocycles. The smallest absolute Gasteiger partial charge is 0.241 e. The third-order valence-corrected chi connectivity index (χ3v) is 2.30. The average molecular weight is 205 g/mol. The molecule has 0 heterocycles. The van der Waals surface area contributed by atoms with Gasteiger partial charge in [0.05, 0.1) is 0 Å². The van der Waals surface area contributed by atoms with Crippen molar-refractivity contribution in [1.29, 1.82) is 0 Å². The lowest BCUT2D eigenvalue weighted by molar-refractivity contribution is -0.113. The van der Waals surface area contributed by atoms with Crippen LogP contribution < -0.4 is 5.73 Å². The zero-order valence-electron chi connectivity index (χ0n) is 7.79. The van der Waals surface area contributed by atoms with Gasteiger partial charge in [0.2, 0.25) is 5.91 Å². The molecule has 0 bridgehead atoms. The second-order valence-corrected chi connectivity index (χ2v) is 3.36. The number of primary amides is 1. The number of halogens is 1. The van der Waals surface area contributed by atoms with E-state index in [1.54, 1.807) is 0 Å². The SMILES string of the molecule is NC(=O)/C=C1\CC(=O)c2ccc(F)cc21. The predicted molar refractivity (Wildman–Crippen MR) is 52.5 cm³/mol. The molecule has 0 saturated heterocycles. The fourth-order valence-electron chi connectivity index (χ4n) is 1.69. The maximum atomic E-state index is 12.9. The minimum absolute atomic E-state index is 0.113. The Morgan fingerprint density at radius 3 is 2.80 bits per heavy atom. The van der Waals surface area contributed by atoms with Gasteiger partial charge >= 0.3 is 0 Å². The molecule has 1 aromatic rings. The number of hydrogen-bond donors (Lipinski definition) is 1. The van der Waals surface area contributed by atoms with E-state index in [0.717, 1.165) is 0 Å². The number of carbonyl (C=O) groups excluding carboxylic acids is 2. The summed E-state index contributed by atoms with van der Waals surface area (Å²) in [5, 5.41) is 0. The van der Waals surface area contributed by atoms with Gasteiger partial charge in [-0.05, 0) is 29.3 Å². The number of hydrogen-bond acceptors (Lipinski definition) is 2. The molecule has 1 aliphatic rings. The van der Waals surface area contributed by atoms with Gasteiger partial charge in [0.15, 0.2) is 5.78 Å². The van der Waals surface area contributed by atoms with Crippen molar-refractivity contribution in [2.45, 2.75) is 6.42 Å². The van der Waals surface area contributed by atoms with Crippen molar-refractivity contribution in [3.05, 3.63) is 41.2 Å². The molecule has 2 N–H and O–H groups in total. The van der Waals surface area contributed by atoms with Crippen LogP contribution in [0.5, 0.6) is 0 Å². The number of ketones is 1. The summed E-state index contributed by atoms with van der Waals surface area (Å²) in [6.45, 7) is 0. The molecule has 1 amide bonds. The molecule has 1 aromatic carbocycles. The van der Waals surface area contributed by atoms with Crippen molar-refractivity contribution in [3.8, 4) is 0 Å². The largest absolute Gasteiger partial charge is 0.366 e. The van der Waals surface area contributed by atoms with Crippen LogP contribution in [0.2, 0.25) is 0 Å². The number of amides is 1. The Morgan fingerprint density at radius 2 is 2.13 bits per heavy atom. The third-order valence-electron chi connectivity index (χ3n) is 2.30. The molecule has 76 valence electrons. The highest BCUT2D eigenvalue weighted by atomic mass is 19.1. The molecule has 4 heteroatoms. The van der Waals surface area contributed by atoms with E-state index in [-0.39, 0.29) is 12.2 Å². The first-order chi connectivity index (χ1) is 7.08. The quantitative estimate of drug-likeness (QED) is 0.702. The monoisotopic (exact) mass is 205 g/mol. The Morgan fingerprint density at radius 1 is 1.40 bits per heavy atom. The number of fused-ring (bicyclic) bond motifs is 1. The lowest BCUT2D eigenvalue weighted by Gasteiger charge is -1.98. The molecular formula is C11H8FNO2. The van der Waals surface area contributed by atoms with Gasteiger partial charge in [-0.1, -0.05) is 0 Å². The molecule has 2 rings (SSSR count). The standard InChI is InChI=1S/C11H8FNO2/c12-7-1-2-8-9(5-7)6(3-10(8)14)4-11(13)15/h1-2,4-5H,3H2,(H2,13,15)/b6-4+. The third kappa shape index (κ3) is 1.66. The molecule has 0 aliphatic heterocycles. The van der Waals surface area contributed by atoms with E-state index in [2.05, 4.69) is 0 Å². The molecule has 0 aromatic heterocycles. The van der Waals surface area contributed by atoms with Crippen LogP contribution in [0, 0.1) is 5.82 Å². The first kappa shape index (κ1) is 9.58. The molecule has 0 spiro atoms. The van der Waals surface area contributed by atoms with Crippen LogP contribution in [-0.4, -0.2) is 11.7 Å². The maximum absolute atomic E-state index is 12.9. The van der Waals surface area contributed by atoms with Gasteiger partial charge in [-0.3, -0.25) is 9.59 Å². The Labute approximate surface area is 85.4 Å². The molecular weight excluding hydrogens is 197 g/mol. The molecule has 0 unspecified atom stereocenters. The number of benzene rings is 1. The van der Waals surface area contributed by atoms with E-state index in [1.807, 2.05) is 0 Å². The molecule has 3 nitrogen and oxygen atoms in total. The van der Waals surface area contributed by atoms with Crippen LogP contribution in [0.3, 0.4) is 0 Å². The zero-order valence-corrected chi connectivity index (χ0v) is 7.79. The second kappa shape index (κ2) is 3.31. The van der Waals surface area contributed by atoms with Crippen LogP contribution in [0.25, 0.3) is 5.57 Å². The van der Waals surface area contributed by atoms with E-state index in [1.165, 1.54) is 24.3 Å². The van der Waals surface area contributed by atoms with Crippen molar-refractivity contribution < 1.29 is 14.0 Å². The Hall–Kier alpha value is -1.97. The van der Waals surface area contributed by atoms with Gasteiger partial charge in [0.25, 0.3) is 0 Å². The van der Waals surface area contributed by atoms with Crippen molar-refractivity contribution in [1.82, 2.24) is 0 Å². The minimum Gasteiger partial charge on any atom is -0.366 e. The number of nitrogens with two attached hydrogens (primary N) is 1. The summed E-state index contributed by atoms with van der Waals surface area (Å²) < 4.78 is 12.9.